The first-order valence-electron chi connectivity index (χ1n) is 10.4. The molecule has 8 heteroatoms. The molecule has 2 aliphatic heterocycles. The molecule has 2 heterocycles. The van der Waals surface area contributed by atoms with Gasteiger partial charge in [0.2, 0.25) is 5.91 Å². The van der Waals surface area contributed by atoms with Crippen molar-refractivity contribution < 1.29 is 17.6 Å². The Morgan fingerprint density at radius 2 is 1.86 bits per heavy atom. The van der Waals surface area contributed by atoms with E-state index in [-0.39, 0.29) is 34.5 Å². The van der Waals surface area contributed by atoms with E-state index in [0.29, 0.717) is 30.5 Å². The summed E-state index contributed by atoms with van der Waals surface area (Å²) in [6, 6.07) is 6.21. The van der Waals surface area contributed by atoms with Gasteiger partial charge >= 0.3 is 0 Å². The number of hydrogen-bond acceptors (Lipinski definition) is 4. The summed E-state index contributed by atoms with van der Waals surface area (Å²) in [5.74, 6) is 0.325. The number of hydrogen-bond donors (Lipinski definition) is 0. The van der Waals surface area contributed by atoms with Gasteiger partial charge in [-0.25, -0.2) is 12.8 Å². The van der Waals surface area contributed by atoms with Gasteiger partial charge in [-0.15, -0.1) is 0 Å². The van der Waals surface area contributed by atoms with Crippen LogP contribution in [0.3, 0.4) is 0 Å². The number of amidine groups is 1. The number of carbonyl (C=O) groups is 1. The van der Waals surface area contributed by atoms with Gasteiger partial charge in [0.15, 0.2) is 15.0 Å². The predicted molar refractivity (Wildman–Crippen MR) is 114 cm³/mol. The number of carbonyl (C=O) groups excluding carboxylic acids is 1. The van der Waals surface area contributed by atoms with Crippen LogP contribution in [0.25, 0.3) is 0 Å². The SMILES string of the molecule is O=C(CC1CCCCC1)N=C1S[C@H]2CS(=O)(=O)C[C@H]2N1CCc1ccc(F)cc1. The van der Waals surface area contributed by atoms with Gasteiger partial charge < -0.3 is 4.90 Å². The fraction of sp³-hybridized carbons (Fsp3) is 0.619. The lowest BCUT2D eigenvalue weighted by molar-refractivity contribution is -0.118. The fourth-order valence-electron chi connectivity index (χ4n) is 4.59. The van der Waals surface area contributed by atoms with E-state index < -0.39 is 9.84 Å². The van der Waals surface area contributed by atoms with Crippen LogP contribution in [0.15, 0.2) is 29.3 Å². The Balaban J connectivity index is 1.46. The van der Waals surface area contributed by atoms with Crippen LogP contribution < -0.4 is 0 Å². The minimum absolute atomic E-state index is 0.0607. The summed E-state index contributed by atoms with van der Waals surface area (Å²) in [7, 11) is -3.05. The molecule has 3 fully saturated rings. The first kappa shape index (κ1) is 20.8. The molecule has 1 aromatic rings. The van der Waals surface area contributed by atoms with Crippen LogP contribution in [0.5, 0.6) is 0 Å². The molecule has 2 atom stereocenters. The van der Waals surface area contributed by atoms with Crippen molar-refractivity contribution >= 4 is 32.7 Å². The van der Waals surface area contributed by atoms with Gasteiger partial charge in [-0.2, -0.15) is 4.99 Å². The molecule has 0 bridgehead atoms. The summed E-state index contributed by atoms with van der Waals surface area (Å²) in [6.07, 6.45) is 6.97. The number of sulfone groups is 1. The van der Waals surface area contributed by atoms with Gasteiger partial charge in [-0.3, -0.25) is 4.79 Å². The van der Waals surface area contributed by atoms with Gasteiger partial charge in [0.1, 0.15) is 5.82 Å². The number of fused-ring (bicyclic) bond motifs is 1. The molecule has 158 valence electrons. The molecule has 5 nitrogen and oxygen atoms in total. The van der Waals surface area contributed by atoms with Crippen molar-refractivity contribution in [2.75, 3.05) is 18.1 Å². The van der Waals surface area contributed by atoms with E-state index in [1.807, 2.05) is 4.90 Å². The molecule has 1 aromatic carbocycles. The molecule has 3 aliphatic rings. The van der Waals surface area contributed by atoms with Gasteiger partial charge in [0.25, 0.3) is 0 Å². The van der Waals surface area contributed by atoms with Crippen molar-refractivity contribution in [3.05, 3.63) is 35.6 Å². The highest BCUT2D eigenvalue weighted by Gasteiger charge is 2.48. The molecule has 1 saturated carbocycles. The number of benzene rings is 1. The van der Waals surface area contributed by atoms with E-state index >= 15 is 0 Å². The van der Waals surface area contributed by atoms with Crippen molar-refractivity contribution in [1.29, 1.82) is 0 Å². The minimum atomic E-state index is -3.05. The summed E-state index contributed by atoms with van der Waals surface area (Å²) in [4.78, 5) is 19.0. The second-order valence-electron chi connectivity index (χ2n) is 8.37. The molecular formula is C21H27FN2O3S2. The third-order valence-corrected chi connectivity index (χ3v) is 9.39. The van der Waals surface area contributed by atoms with Crippen molar-refractivity contribution in [1.82, 2.24) is 4.90 Å². The molecule has 0 spiro atoms. The molecule has 0 aromatic heterocycles. The van der Waals surface area contributed by atoms with Crippen LogP contribution in [-0.4, -0.2) is 53.7 Å². The number of nitrogens with zero attached hydrogens (tertiary/aromatic N) is 2. The lowest BCUT2D eigenvalue weighted by Gasteiger charge is -2.24. The Morgan fingerprint density at radius 1 is 1.14 bits per heavy atom. The number of aliphatic imine (C=N–C) groups is 1. The molecule has 1 aliphatic carbocycles. The minimum Gasteiger partial charge on any atom is -0.346 e. The summed E-state index contributed by atoms with van der Waals surface area (Å²) in [5.41, 5.74) is 0.980. The summed E-state index contributed by atoms with van der Waals surface area (Å²) in [5, 5.41) is 0.604. The molecule has 29 heavy (non-hydrogen) atoms. The third kappa shape index (κ3) is 5.20. The maximum absolute atomic E-state index is 13.2. The lowest BCUT2D eigenvalue weighted by Crippen LogP contribution is -2.39. The normalized spacial score (nSPS) is 28.0. The van der Waals surface area contributed by atoms with Crippen molar-refractivity contribution in [3.8, 4) is 0 Å². The van der Waals surface area contributed by atoms with E-state index in [1.165, 1.54) is 43.2 Å². The van der Waals surface area contributed by atoms with Crippen molar-refractivity contribution in [3.63, 3.8) is 0 Å². The van der Waals surface area contributed by atoms with Gasteiger partial charge in [0, 0.05) is 18.2 Å². The maximum Gasteiger partial charge on any atom is 0.248 e. The van der Waals surface area contributed by atoms with Gasteiger partial charge in [-0.05, 0) is 42.9 Å². The Morgan fingerprint density at radius 3 is 2.59 bits per heavy atom. The quantitative estimate of drug-likeness (QED) is 0.705. The smallest absolute Gasteiger partial charge is 0.248 e. The highest BCUT2D eigenvalue weighted by Crippen LogP contribution is 2.38. The van der Waals surface area contributed by atoms with Gasteiger partial charge in [0.05, 0.1) is 17.5 Å². The number of halogens is 1. The van der Waals surface area contributed by atoms with Crippen LogP contribution >= 0.6 is 11.8 Å². The summed E-state index contributed by atoms with van der Waals surface area (Å²) >= 11 is 1.44. The Kier molecular flexibility index (Phi) is 6.30. The first-order chi connectivity index (χ1) is 13.9. The molecular weight excluding hydrogens is 411 g/mol. The van der Waals surface area contributed by atoms with E-state index in [2.05, 4.69) is 4.99 Å². The van der Waals surface area contributed by atoms with Crippen LogP contribution in [0.4, 0.5) is 4.39 Å². The lowest BCUT2D eigenvalue weighted by atomic mass is 9.87. The highest BCUT2D eigenvalue weighted by molar-refractivity contribution is 8.15. The van der Waals surface area contributed by atoms with Crippen LogP contribution in [0, 0.1) is 11.7 Å². The van der Waals surface area contributed by atoms with E-state index in [0.717, 1.165) is 18.4 Å². The van der Waals surface area contributed by atoms with Crippen molar-refractivity contribution in [2.24, 2.45) is 10.9 Å². The number of thioether (sulfide) groups is 1. The van der Waals surface area contributed by atoms with E-state index in [1.54, 1.807) is 12.1 Å². The number of amides is 1. The largest absolute Gasteiger partial charge is 0.346 e. The Labute approximate surface area is 176 Å². The van der Waals surface area contributed by atoms with Crippen molar-refractivity contribution in [2.45, 2.75) is 56.2 Å². The average Bonchev–Trinajstić information content (AvgIpc) is 3.13. The highest BCUT2D eigenvalue weighted by atomic mass is 32.2. The fourth-order valence-corrected chi connectivity index (χ4v) is 8.58. The Hall–Kier alpha value is -1.41. The predicted octanol–water partition coefficient (Wildman–Crippen LogP) is 3.44. The summed E-state index contributed by atoms with van der Waals surface area (Å²) in [6.45, 7) is 0.574. The second kappa shape index (κ2) is 8.76. The molecule has 0 radical (unpaired) electrons. The Bertz CT molecular complexity index is 880. The average molecular weight is 439 g/mol. The zero-order chi connectivity index (χ0) is 20.4. The van der Waals surface area contributed by atoms with Crippen LogP contribution in [0.1, 0.15) is 44.1 Å². The first-order valence-corrected chi connectivity index (χ1v) is 13.1. The second-order valence-corrected chi connectivity index (χ2v) is 11.7. The number of rotatable bonds is 5. The zero-order valence-electron chi connectivity index (χ0n) is 16.4. The summed E-state index contributed by atoms with van der Waals surface area (Å²) < 4.78 is 37.4. The molecule has 0 unspecified atom stereocenters. The molecule has 0 N–H and O–H groups in total. The van der Waals surface area contributed by atoms with Crippen LogP contribution in [0.2, 0.25) is 0 Å². The monoisotopic (exact) mass is 438 g/mol. The molecule has 4 rings (SSSR count). The molecule has 1 amide bonds. The standard InChI is InChI=1S/C21H27FN2O3S2/c22-17-8-6-15(7-9-17)10-11-24-18-13-29(26,27)14-19(18)28-21(24)23-20(25)12-16-4-2-1-3-5-16/h6-9,16,18-19H,1-5,10-14H2/t18-,19+/m1/s1. The van der Waals surface area contributed by atoms with Gasteiger partial charge in [-0.1, -0.05) is 43.2 Å². The topological polar surface area (TPSA) is 66.8 Å². The molecule has 2 saturated heterocycles. The van der Waals surface area contributed by atoms with Crippen LogP contribution in [-0.2, 0) is 21.1 Å². The van der Waals surface area contributed by atoms with E-state index in [4.69, 9.17) is 0 Å². The third-order valence-electron chi connectivity index (χ3n) is 6.14. The maximum atomic E-state index is 13.2. The van der Waals surface area contributed by atoms with E-state index in [9.17, 15) is 17.6 Å². The zero-order valence-corrected chi connectivity index (χ0v) is 18.1.